The molecule has 6 aromatic rings. The first-order valence-corrected chi connectivity index (χ1v) is 18.1. The minimum Gasteiger partial charge on any atom is -0.508 e. The van der Waals surface area contributed by atoms with E-state index >= 15 is 4.39 Å². The second kappa shape index (κ2) is 13.3. The SMILES string of the molecule is CCCCOc1ccc(C2(c3ccccc3F)C=Cc3c4c(c5ccc(C(F)(F)F)cc5c3O2)-c2cc(NC(=O)c3ccc(O)cc3)ccc2C4(C)C)cc1. The number of rotatable bonds is 8. The number of hydrogen-bond acceptors (Lipinski definition) is 4. The lowest BCUT2D eigenvalue weighted by molar-refractivity contribution is -0.137. The summed E-state index contributed by atoms with van der Waals surface area (Å²) in [7, 11) is 0. The molecule has 9 heteroatoms. The van der Waals surface area contributed by atoms with Crippen molar-refractivity contribution in [1.29, 1.82) is 0 Å². The summed E-state index contributed by atoms with van der Waals surface area (Å²) in [6.45, 7) is 6.71. The van der Waals surface area contributed by atoms with E-state index < -0.39 is 28.6 Å². The van der Waals surface area contributed by atoms with E-state index in [1.54, 1.807) is 54.6 Å². The average Bonchev–Trinajstić information content (AvgIpc) is 3.40. The van der Waals surface area contributed by atoms with Crippen molar-refractivity contribution < 1.29 is 36.9 Å². The molecule has 278 valence electrons. The molecular weight excluding hydrogens is 707 g/mol. The van der Waals surface area contributed by atoms with Gasteiger partial charge in [0.1, 0.15) is 23.1 Å². The van der Waals surface area contributed by atoms with E-state index in [2.05, 4.69) is 12.2 Å². The first kappa shape index (κ1) is 35.9. The molecule has 8 rings (SSSR count). The first-order chi connectivity index (χ1) is 26.3. The molecule has 1 aliphatic carbocycles. The minimum atomic E-state index is -4.65. The first-order valence-electron chi connectivity index (χ1n) is 18.1. The Balaban J connectivity index is 1.33. The Hall–Kier alpha value is -6.09. The molecular formula is C46H37F4NO4. The number of carbonyl (C=O) groups excluding carboxylic acids is 1. The van der Waals surface area contributed by atoms with Crippen LogP contribution in [0, 0.1) is 5.82 Å². The number of alkyl halides is 3. The number of halogens is 4. The van der Waals surface area contributed by atoms with E-state index in [1.807, 2.05) is 32.1 Å². The fourth-order valence-corrected chi connectivity index (χ4v) is 7.92. The molecule has 0 spiro atoms. The molecule has 1 atom stereocenters. The normalized spacial score (nSPS) is 16.6. The van der Waals surface area contributed by atoms with Gasteiger partial charge in [0.15, 0.2) is 5.60 Å². The van der Waals surface area contributed by atoms with E-state index in [4.69, 9.17) is 9.47 Å². The number of benzene rings is 6. The smallest absolute Gasteiger partial charge is 0.416 e. The fraction of sp³-hybridized carbons (Fsp3) is 0.196. The number of nitrogens with one attached hydrogen (secondary N) is 1. The molecule has 1 unspecified atom stereocenters. The molecule has 1 heterocycles. The largest absolute Gasteiger partial charge is 0.508 e. The summed E-state index contributed by atoms with van der Waals surface area (Å²) >= 11 is 0. The second-order valence-corrected chi connectivity index (χ2v) is 14.5. The van der Waals surface area contributed by atoms with Gasteiger partial charge in [0.2, 0.25) is 0 Å². The number of amides is 1. The third-order valence-corrected chi connectivity index (χ3v) is 10.7. The molecule has 2 N–H and O–H groups in total. The van der Waals surface area contributed by atoms with Crippen molar-refractivity contribution in [3.63, 3.8) is 0 Å². The monoisotopic (exact) mass is 743 g/mol. The molecule has 2 aliphatic rings. The summed E-state index contributed by atoms with van der Waals surface area (Å²) in [4.78, 5) is 13.2. The Bertz CT molecular complexity index is 2500. The summed E-state index contributed by atoms with van der Waals surface area (Å²) in [5, 5.41) is 13.3. The summed E-state index contributed by atoms with van der Waals surface area (Å²) in [6, 6.07) is 28.5. The third-order valence-electron chi connectivity index (χ3n) is 10.7. The van der Waals surface area contributed by atoms with Gasteiger partial charge in [-0.1, -0.05) is 75.7 Å². The van der Waals surface area contributed by atoms with Crippen molar-refractivity contribution in [2.24, 2.45) is 0 Å². The van der Waals surface area contributed by atoms with Crippen molar-refractivity contribution >= 4 is 28.4 Å². The number of ether oxygens (including phenoxy) is 2. The predicted octanol–water partition coefficient (Wildman–Crippen LogP) is 11.8. The van der Waals surface area contributed by atoms with Gasteiger partial charge in [-0.2, -0.15) is 13.2 Å². The number of carbonyl (C=O) groups is 1. The number of phenols is 1. The molecule has 0 aromatic heterocycles. The summed E-state index contributed by atoms with van der Waals surface area (Å²) < 4.78 is 72.2. The number of hydrogen-bond donors (Lipinski definition) is 2. The molecule has 6 aromatic carbocycles. The quantitative estimate of drug-likeness (QED) is 0.120. The van der Waals surface area contributed by atoms with E-state index in [0.717, 1.165) is 47.2 Å². The van der Waals surface area contributed by atoms with Crippen LogP contribution in [0.15, 0.2) is 115 Å². The van der Waals surface area contributed by atoms with Crippen molar-refractivity contribution in [2.75, 3.05) is 11.9 Å². The molecule has 0 radical (unpaired) electrons. The van der Waals surface area contributed by atoms with E-state index in [0.29, 0.717) is 40.1 Å². The van der Waals surface area contributed by atoms with Gasteiger partial charge >= 0.3 is 6.18 Å². The Labute approximate surface area is 315 Å². The Kier molecular flexibility index (Phi) is 8.71. The van der Waals surface area contributed by atoms with Gasteiger partial charge in [-0.05, 0) is 107 Å². The Morgan fingerprint density at radius 3 is 2.33 bits per heavy atom. The molecule has 0 fully saturated rings. The van der Waals surface area contributed by atoms with Crippen LogP contribution in [-0.4, -0.2) is 17.6 Å². The third kappa shape index (κ3) is 6.08. The van der Waals surface area contributed by atoms with Crippen LogP contribution in [0.25, 0.3) is 28.0 Å². The molecule has 0 saturated heterocycles. The van der Waals surface area contributed by atoms with Gasteiger partial charge in [-0.25, -0.2) is 4.39 Å². The standard InChI is InChI=1S/C46H37F4NO4/c1-4-5-24-54-32-18-12-28(13-19-32)45(38-8-6-7-9-39(38)47)23-22-34-41-40(33-20-14-29(46(48,49)50)25-35(33)42(34)55-45)36-26-30(15-21-37(36)44(41,2)3)51-43(53)27-10-16-31(52)17-11-27/h6-23,25-26,52H,4-5,24H2,1-3H3,(H,51,53). The van der Waals surface area contributed by atoms with Gasteiger partial charge in [0.25, 0.3) is 5.91 Å². The highest BCUT2D eigenvalue weighted by molar-refractivity contribution is 6.10. The molecule has 0 bridgehead atoms. The second-order valence-electron chi connectivity index (χ2n) is 14.5. The molecule has 55 heavy (non-hydrogen) atoms. The minimum absolute atomic E-state index is 0.0336. The van der Waals surface area contributed by atoms with E-state index in [-0.39, 0.29) is 28.4 Å². The predicted molar refractivity (Wildman–Crippen MR) is 206 cm³/mol. The van der Waals surface area contributed by atoms with Gasteiger partial charge in [0.05, 0.1) is 12.2 Å². The lowest BCUT2D eigenvalue weighted by Crippen LogP contribution is -2.36. The van der Waals surface area contributed by atoms with Gasteiger partial charge in [-0.15, -0.1) is 0 Å². The lowest BCUT2D eigenvalue weighted by atomic mass is 9.76. The van der Waals surface area contributed by atoms with Crippen molar-refractivity contribution in [3.05, 3.63) is 160 Å². The van der Waals surface area contributed by atoms with Gasteiger partial charge in [-0.3, -0.25) is 4.79 Å². The molecule has 1 amide bonds. The summed E-state index contributed by atoms with van der Waals surface area (Å²) in [5.41, 5.74) is 2.38. The maximum absolute atomic E-state index is 15.9. The van der Waals surface area contributed by atoms with Crippen LogP contribution in [-0.2, 0) is 17.2 Å². The van der Waals surface area contributed by atoms with E-state index in [1.165, 1.54) is 36.4 Å². The number of anilines is 1. The Morgan fingerprint density at radius 2 is 1.62 bits per heavy atom. The number of fused-ring (bicyclic) bond motifs is 8. The van der Waals surface area contributed by atoms with Gasteiger partial charge < -0.3 is 19.9 Å². The fourth-order valence-electron chi connectivity index (χ4n) is 7.92. The van der Waals surface area contributed by atoms with Crippen molar-refractivity contribution in [3.8, 4) is 28.4 Å². The number of aromatic hydroxyl groups is 1. The zero-order valence-corrected chi connectivity index (χ0v) is 30.4. The summed E-state index contributed by atoms with van der Waals surface area (Å²) in [6.07, 6.45) is 0.834. The van der Waals surface area contributed by atoms with Crippen LogP contribution in [0.3, 0.4) is 0 Å². The van der Waals surface area contributed by atoms with Crippen LogP contribution < -0.4 is 14.8 Å². The average molecular weight is 744 g/mol. The molecule has 1 aliphatic heterocycles. The zero-order chi connectivity index (χ0) is 38.7. The molecule has 5 nitrogen and oxygen atoms in total. The van der Waals surface area contributed by atoms with Crippen LogP contribution in [0.1, 0.15) is 77.4 Å². The van der Waals surface area contributed by atoms with Crippen LogP contribution in [0.5, 0.6) is 17.2 Å². The lowest BCUT2D eigenvalue weighted by Gasteiger charge is -2.38. The van der Waals surface area contributed by atoms with Crippen LogP contribution >= 0.6 is 0 Å². The Morgan fingerprint density at radius 1 is 0.873 bits per heavy atom. The topological polar surface area (TPSA) is 67.8 Å². The highest BCUT2D eigenvalue weighted by atomic mass is 19.4. The van der Waals surface area contributed by atoms with Crippen molar-refractivity contribution in [2.45, 2.75) is 50.8 Å². The number of phenolic OH excluding ortho intramolecular Hbond substituents is 1. The highest BCUT2D eigenvalue weighted by Gasteiger charge is 2.45. The highest BCUT2D eigenvalue weighted by Crippen LogP contribution is 2.59. The van der Waals surface area contributed by atoms with E-state index in [9.17, 15) is 23.1 Å². The van der Waals surface area contributed by atoms with Crippen LogP contribution in [0.2, 0.25) is 0 Å². The maximum Gasteiger partial charge on any atom is 0.416 e. The van der Waals surface area contributed by atoms with Crippen molar-refractivity contribution in [1.82, 2.24) is 0 Å². The summed E-state index contributed by atoms with van der Waals surface area (Å²) in [5.74, 6) is -0.0435. The maximum atomic E-state index is 15.9. The zero-order valence-electron chi connectivity index (χ0n) is 30.4. The van der Waals surface area contributed by atoms with Gasteiger partial charge in [0, 0.05) is 38.7 Å². The molecule has 0 saturated carbocycles. The number of unbranched alkanes of at least 4 members (excludes halogenated alkanes) is 1. The van der Waals surface area contributed by atoms with Crippen LogP contribution in [0.4, 0.5) is 23.2 Å².